The fourth-order valence-electron chi connectivity index (χ4n) is 1.68. The number of benzene rings is 1. The molecule has 1 heterocycles. The van der Waals surface area contributed by atoms with Crippen molar-refractivity contribution < 1.29 is 19.0 Å². The van der Waals surface area contributed by atoms with Crippen molar-refractivity contribution in [2.45, 2.75) is 13.1 Å². The fraction of sp³-hybridized carbons (Fsp3) is 0.250. The highest BCUT2D eigenvalue weighted by molar-refractivity contribution is 5.86. The summed E-state index contributed by atoms with van der Waals surface area (Å²) in [4.78, 5) is 10.9. The summed E-state index contributed by atoms with van der Waals surface area (Å²) in [7, 11) is 0. The van der Waals surface area contributed by atoms with Crippen LogP contribution in [-0.2, 0) is 13.1 Å². The Kier molecular flexibility index (Phi) is 4.26. The number of para-hydroxylation sites is 1. The first-order valence-electron chi connectivity index (χ1n) is 5.86. The molecule has 0 aliphatic heterocycles. The molecule has 0 radical (unpaired) electrons. The lowest BCUT2D eigenvalue weighted by atomic mass is 10.3. The molecule has 7 nitrogen and oxygen atoms in total. The predicted octanol–water partition coefficient (Wildman–Crippen LogP) is 0.653. The van der Waals surface area contributed by atoms with Gasteiger partial charge in [-0.25, -0.2) is 13.9 Å². The van der Waals surface area contributed by atoms with Crippen LogP contribution in [0.25, 0.3) is 0 Å². The zero-order chi connectivity index (χ0) is 14.5. The number of aromatic carboxylic acids is 1. The van der Waals surface area contributed by atoms with Crippen molar-refractivity contribution in [3.8, 4) is 5.75 Å². The number of nitrogens with zero attached hydrogens (tertiary/aromatic N) is 3. The first-order valence-corrected chi connectivity index (χ1v) is 5.86. The van der Waals surface area contributed by atoms with Crippen LogP contribution < -0.4 is 10.5 Å². The lowest BCUT2D eigenvalue weighted by Gasteiger charge is -2.08. The second-order valence-corrected chi connectivity index (χ2v) is 3.90. The third-order valence-corrected chi connectivity index (χ3v) is 2.63. The van der Waals surface area contributed by atoms with Gasteiger partial charge in [0.1, 0.15) is 6.61 Å². The average molecular weight is 280 g/mol. The molecule has 1 aromatic carbocycles. The lowest BCUT2D eigenvalue weighted by Crippen LogP contribution is -2.16. The molecular formula is C12H13FN4O3. The molecule has 2 rings (SSSR count). The summed E-state index contributed by atoms with van der Waals surface area (Å²) >= 11 is 0. The monoisotopic (exact) mass is 280 g/mol. The van der Waals surface area contributed by atoms with Gasteiger partial charge in [0.05, 0.1) is 12.2 Å². The number of hydrogen-bond acceptors (Lipinski definition) is 5. The number of ether oxygens (including phenoxy) is 1. The Morgan fingerprint density at radius 2 is 2.20 bits per heavy atom. The summed E-state index contributed by atoms with van der Waals surface area (Å²) in [6.07, 6.45) is 0. The van der Waals surface area contributed by atoms with E-state index in [-0.39, 0.29) is 31.1 Å². The van der Waals surface area contributed by atoms with Crippen LogP contribution in [0.3, 0.4) is 0 Å². The van der Waals surface area contributed by atoms with E-state index in [4.69, 9.17) is 15.6 Å². The normalized spacial score (nSPS) is 10.5. The van der Waals surface area contributed by atoms with E-state index in [1.54, 1.807) is 12.1 Å². The molecule has 0 saturated carbocycles. The average Bonchev–Trinajstić information content (AvgIpc) is 2.84. The highest BCUT2D eigenvalue weighted by Crippen LogP contribution is 2.15. The van der Waals surface area contributed by atoms with E-state index in [0.717, 1.165) is 0 Å². The Morgan fingerprint density at radius 1 is 1.45 bits per heavy atom. The van der Waals surface area contributed by atoms with Gasteiger partial charge >= 0.3 is 5.97 Å². The number of halogens is 1. The molecule has 8 heteroatoms. The van der Waals surface area contributed by atoms with Crippen LogP contribution in [0.4, 0.5) is 4.39 Å². The Morgan fingerprint density at radius 3 is 2.85 bits per heavy atom. The summed E-state index contributed by atoms with van der Waals surface area (Å²) in [6, 6.07) is 6.01. The molecule has 106 valence electrons. The van der Waals surface area contributed by atoms with Crippen molar-refractivity contribution in [2.24, 2.45) is 5.73 Å². The molecule has 0 unspecified atom stereocenters. The van der Waals surface area contributed by atoms with Crippen LogP contribution in [0.15, 0.2) is 24.3 Å². The number of carbonyl (C=O) groups is 1. The molecule has 3 N–H and O–H groups in total. The molecule has 0 fully saturated rings. The smallest absolute Gasteiger partial charge is 0.358 e. The number of rotatable bonds is 6. The molecule has 0 saturated heterocycles. The SMILES string of the molecule is NCc1c(C(=O)O)nnn1CCOc1ccccc1F. The standard InChI is InChI=1S/C12H13FN4O3/c13-8-3-1-2-4-10(8)20-6-5-17-9(7-14)11(12(18)19)15-16-17/h1-4H,5-7,14H2,(H,18,19). The van der Waals surface area contributed by atoms with Crippen LogP contribution in [-0.4, -0.2) is 32.7 Å². The highest BCUT2D eigenvalue weighted by atomic mass is 19.1. The second kappa shape index (κ2) is 6.11. The van der Waals surface area contributed by atoms with Gasteiger partial charge in [-0.2, -0.15) is 0 Å². The molecular weight excluding hydrogens is 267 g/mol. The highest BCUT2D eigenvalue weighted by Gasteiger charge is 2.17. The largest absolute Gasteiger partial charge is 0.489 e. The van der Waals surface area contributed by atoms with Gasteiger partial charge < -0.3 is 15.6 Å². The number of hydrogen-bond donors (Lipinski definition) is 2. The first-order chi connectivity index (χ1) is 9.63. The second-order valence-electron chi connectivity index (χ2n) is 3.90. The Balaban J connectivity index is 2.01. The Bertz CT molecular complexity index is 614. The molecule has 20 heavy (non-hydrogen) atoms. The molecule has 2 aromatic rings. The van der Waals surface area contributed by atoms with Crippen LogP contribution >= 0.6 is 0 Å². The number of aromatic nitrogens is 3. The topological polar surface area (TPSA) is 103 Å². The summed E-state index contributed by atoms with van der Waals surface area (Å²) in [5.41, 5.74) is 5.59. The van der Waals surface area contributed by atoms with Crippen LogP contribution in [0.5, 0.6) is 5.75 Å². The minimum atomic E-state index is -1.19. The summed E-state index contributed by atoms with van der Waals surface area (Å²) in [6.45, 7) is 0.339. The van der Waals surface area contributed by atoms with Gasteiger partial charge in [0.25, 0.3) is 0 Å². The molecule has 0 aliphatic rings. The van der Waals surface area contributed by atoms with Gasteiger partial charge in [0.2, 0.25) is 0 Å². The molecule has 0 spiro atoms. The van der Waals surface area contributed by atoms with E-state index in [0.29, 0.717) is 5.69 Å². The van der Waals surface area contributed by atoms with Crippen molar-refractivity contribution >= 4 is 5.97 Å². The third-order valence-electron chi connectivity index (χ3n) is 2.63. The maximum absolute atomic E-state index is 13.3. The van der Waals surface area contributed by atoms with Gasteiger partial charge in [-0.15, -0.1) is 5.10 Å². The Hall–Kier alpha value is -2.48. The summed E-state index contributed by atoms with van der Waals surface area (Å²) in [5.74, 6) is -1.52. The number of carboxylic acids is 1. The van der Waals surface area contributed by atoms with Crippen molar-refractivity contribution in [2.75, 3.05) is 6.61 Å². The molecule has 0 bridgehead atoms. The first kappa shape index (κ1) is 13.9. The van der Waals surface area contributed by atoms with Crippen molar-refractivity contribution in [3.63, 3.8) is 0 Å². The van der Waals surface area contributed by atoms with Gasteiger partial charge in [-0.05, 0) is 12.1 Å². The molecule has 0 aliphatic carbocycles. The van der Waals surface area contributed by atoms with E-state index >= 15 is 0 Å². The van der Waals surface area contributed by atoms with Gasteiger partial charge in [-0.3, -0.25) is 0 Å². The maximum Gasteiger partial charge on any atom is 0.358 e. The Labute approximate surface area is 113 Å². The van der Waals surface area contributed by atoms with Gasteiger partial charge in [-0.1, -0.05) is 17.3 Å². The zero-order valence-electron chi connectivity index (χ0n) is 10.5. The van der Waals surface area contributed by atoms with E-state index in [2.05, 4.69) is 10.3 Å². The fourth-order valence-corrected chi connectivity index (χ4v) is 1.68. The minimum absolute atomic E-state index is 0.00562. The molecule has 1 aromatic heterocycles. The van der Waals surface area contributed by atoms with E-state index in [1.807, 2.05) is 0 Å². The van der Waals surface area contributed by atoms with Gasteiger partial charge in [0.15, 0.2) is 17.3 Å². The summed E-state index contributed by atoms with van der Waals surface area (Å²) in [5, 5.41) is 16.1. The third kappa shape index (κ3) is 2.91. The van der Waals surface area contributed by atoms with E-state index in [1.165, 1.54) is 16.8 Å². The van der Waals surface area contributed by atoms with Crippen molar-refractivity contribution in [1.82, 2.24) is 15.0 Å². The maximum atomic E-state index is 13.3. The van der Waals surface area contributed by atoms with E-state index < -0.39 is 11.8 Å². The van der Waals surface area contributed by atoms with Crippen LogP contribution in [0, 0.1) is 5.82 Å². The van der Waals surface area contributed by atoms with Crippen molar-refractivity contribution in [1.29, 1.82) is 0 Å². The predicted molar refractivity (Wildman–Crippen MR) is 66.8 cm³/mol. The molecule has 0 amide bonds. The number of nitrogens with two attached hydrogens (primary N) is 1. The van der Waals surface area contributed by atoms with Gasteiger partial charge in [0, 0.05) is 6.54 Å². The minimum Gasteiger partial charge on any atom is -0.489 e. The lowest BCUT2D eigenvalue weighted by molar-refractivity contribution is 0.0689. The van der Waals surface area contributed by atoms with Crippen LogP contribution in [0.1, 0.15) is 16.2 Å². The molecule has 0 atom stereocenters. The summed E-state index contributed by atoms with van der Waals surface area (Å²) < 4.78 is 19.9. The quantitative estimate of drug-likeness (QED) is 0.805. The van der Waals surface area contributed by atoms with Crippen molar-refractivity contribution in [3.05, 3.63) is 41.5 Å². The number of carboxylic acid groups (broad SMARTS) is 1. The van der Waals surface area contributed by atoms with E-state index in [9.17, 15) is 9.18 Å². The zero-order valence-corrected chi connectivity index (χ0v) is 10.5. The van der Waals surface area contributed by atoms with Crippen LogP contribution in [0.2, 0.25) is 0 Å².